The summed E-state index contributed by atoms with van der Waals surface area (Å²) in [6.45, 7) is 8.67. The van der Waals surface area contributed by atoms with E-state index in [1.807, 2.05) is 0 Å². The van der Waals surface area contributed by atoms with Gasteiger partial charge in [0.2, 0.25) is 5.91 Å². The minimum Gasteiger partial charge on any atom is -0.389 e. The molecule has 1 saturated carbocycles. The first-order valence-electron chi connectivity index (χ1n) is 8.18. The molecule has 1 amide bonds. The Morgan fingerprint density at radius 2 is 2.10 bits per heavy atom. The molecule has 4 heteroatoms. The largest absolute Gasteiger partial charge is 0.389 e. The summed E-state index contributed by atoms with van der Waals surface area (Å²) in [5, 5.41) is 13.3. The average Bonchev–Trinajstić information content (AvgIpc) is 2.95. The Morgan fingerprint density at radius 1 is 1.40 bits per heavy atom. The van der Waals surface area contributed by atoms with E-state index >= 15 is 0 Å². The van der Waals surface area contributed by atoms with Crippen molar-refractivity contribution in [2.75, 3.05) is 26.2 Å². The topological polar surface area (TPSA) is 52.6 Å². The molecule has 2 aliphatic rings. The summed E-state index contributed by atoms with van der Waals surface area (Å²) < 4.78 is 0. The van der Waals surface area contributed by atoms with Crippen LogP contribution in [0.5, 0.6) is 0 Å². The molecule has 2 rings (SSSR count). The van der Waals surface area contributed by atoms with E-state index in [-0.39, 0.29) is 12.3 Å². The van der Waals surface area contributed by atoms with E-state index in [1.54, 1.807) is 0 Å². The van der Waals surface area contributed by atoms with Crippen molar-refractivity contribution in [2.45, 2.75) is 58.0 Å². The second-order valence-corrected chi connectivity index (χ2v) is 7.22. The number of nitrogens with one attached hydrogen (secondary N) is 1. The summed E-state index contributed by atoms with van der Waals surface area (Å²) >= 11 is 0. The summed E-state index contributed by atoms with van der Waals surface area (Å²) in [5.74, 6) is 1.31. The number of hydrogen-bond acceptors (Lipinski definition) is 3. The van der Waals surface area contributed by atoms with E-state index in [0.29, 0.717) is 11.8 Å². The Balaban J connectivity index is 1.64. The molecule has 0 aromatic heterocycles. The number of rotatable bonds is 6. The van der Waals surface area contributed by atoms with Crippen molar-refractivity contribution in [1.29, 1.82) is 0 Å². The lowest BCUT2D eigenvalue weighted by Crippen LogP contribution is -2.37. The van der Waals surface area contributed by atoms with Gasteiger partial charge in [0, 0.05) is 19.6 Å². The lowest BCUT2D eigenvalue weighted by atomic mass is 9.97. The van der Waals surface area contributed by atoms with Crippen molar-refractivity contribution in [2.24, 2.45) is 11.8 Å². The number of carbonyl (C=O) groups is 1. The molecule has 1 unspecified atom stereocenters. The summed E-state index contributed by atoms with van der Waals surface area (Å²) in [6.07, 6.45) is 5.14. The zero-order chi connectivity index (χ0) is 14.6. The second kappa shape index (κ2) is 6.90. The van der Waals surface area contributed by atoms with Crippen LogP contribution < -0.4 is 5.32 Å². The van der Waals surface area contributed by atoms with Crippen LogP contribution in [0.3, 0.4) is 0 Å². The number of likely N-dealkylation sites (tertiary alicyclic amines) is 1. The molecule has 1 aliphatic carbocycles. The third kappa shape index (κ3) is 4.74. The molecular weight excluding hydrogens is 252 g/mol. The van der Waals surface area contributed by atoms with Gasteiger partial charge in [0.05, 0.1) is 12.0 Å². The first-order chi connectivity index (χ1) is 9.47. The molecule has 1 heterocycles. The van der Waals surface area contributed by atoms with E-state index < -0.39 is 5.60 Å². The molecule has 4 nitrogen and oxygen atoms in total. The predicted octanol–water partition coefficient (Wildman–Crippen LogP) is 1.78. The molecule has 2 fully saturated rings. The van der Waals surface area contributed by atoms with Gasteiger partial charge in [-0.3, -0.25) is 4.79 Å². The van der Waals surface area contributed by atoms with Crippen LogP contribution in [0.2, 0.25) is 0 Å². The Hall–Kier alpha value is -0.610. The third-order valence-corrected chi connectivity index (χ3v) is 4.61. The lowest BCUT2D eigenvalue weighted by Gasteiger charge is -2.22. The maximum absolute atomic E-state index is 11.9. The minimum atomic E-state index is -0.719. The summed E-state index contributed by atoms with van der Waals surface area (Å²) in [7, 11) is 0. The van der Waals surface area contributed by atoms with Gasteiger partial charge < -0.3 is 15.3 Å². The Bertz CT molecular complexity index is 324. The maximum atomic E-state index is 11.9. The molecule has 0 aromatic carbocycles. The zero-order valence-corrected chi connectivity index (χ0v) is 13.0. The molecule has 116 valence electrons. The number of nitrogens with zero attached hydrogens (tertiary/aromatic N) is 1. The highest BCUT2D eigenvalue weighted by molar-refractivity contribution is 5.77. The quantitative estimate of drug-likeness (QED) is 0.781. The van der Waals surface area contributed by atoms with E-state index in [0.717, 1.165) is 51.9 Å². The lowest BCUT2D eigenvalue weighted by molar-refractivity contribution is -0.126. The van der Waals surface area contributed by atoms with Crippen molar-refractivity contribution in [3.05, 3.63) is 0 Å². The van der Waals surface area contributed by atoms with Crippen LogP contribution in [0.15, 0.2) is 0 Å². The van der Waals surface area contributed by atoms with Gasteiger partial charge >= 0.3 is 0 Å². The molecule has 1 saturated heterocycles. The number of amides is 1. The minimum absolute atomic E-state index is 0.0247. The monoisotopic (exact) mass is 282 g/mol. The van der Waals surface area contributed by atoms with Crippen molar-refractivity contribution in [3.63, 3.8) is 0 Å². The first kappa shape index (κ1) is 15.8. The molecule has 0 spiro atoms. The first-order valence-corrected chi connectivity index (χ1v) is 8.18. The maximum Gasteiger partial charge on any atom is 0.222 e. The van der Waals surface area contributed by atoms with E-state index in [4.69, 9.17) is 0 Å². The molecule has 20 heavy (non-hydrogen) atoms. The molecule has 0 aromatic rings. The standard InChI is InChI=1S/C16H30N2O2/c1-13(2)11-18-8-5-14(12-18)10-17-15(19)9-16(20)6-3-4-7-16/h13-14,20H,3-12H2,1-2H3,(H,17,19). The highest BCUT2D eigenvalue weighted by Crippen LogP contribution is 2.32. The number of hydrogen-bond donors (Lipinski definition) is 2. The number of carbonyl (C=O) groups excluding carboxylic acids is 1. The smallest absolute Gasteiger partial charge is 0.222 e. The predicted molar refractivity (Wildman–Crippen MR) is 80.4 cm³/mol. The van der Waals surface area contributed by atoms with Crippen molar-refractivity contribution in [3.8, 4) is 0 Å². The van der Waals surface area contributed by atoms with Crippen LogP contribution >= 0.6 is 0 Å². The highest BCUT2D eigenvalue weighted by atomic mass is 16.3. The second-order valence-electron chi connectivity index (χ2n) is 7.22. The van der Waals surface area contributed by atoms with E-state index in [1.165, 1.54) is 6.42 Å². The molecular formula is C16H30N2O2. The Kier molecular flexibility index (Phi) is 5.44. The van der Waals surface area contributed by atoms with Gasteiger partial charge in [0.1, 0.15) is 0 Å². The van der Waals surface area contributed by atoms with E-state index in [2.05, 4.69) is 24.1 Å². The van der Waals surface area contributed by atoms with E-state index in [9.17, 15) is 9.90 Å². The molecule has 2 N–H and O–H groups in total. The normalized spacial score (nSPS) is 26.3. The van der Waals surface area contributed by atoms with Gasteiger partial charge in [-0.1, -0.05) is 26.7 Å². The molecule has 1 aliphatic heterocycles. The third-order valence-electron chi connectivity index (χ3n) is 4.61. The summed E-state index contributed by atoms with van der Waals surface area (Å²) in [5.41, 5.74) is -0.719. The summed E-state index contributed by atoms with van der Waals surface area (Å²) in [6, 6.07) is 0. The van der Waals surface area contributed by atoms with Gasteiger partial charge in [-0.05, 0) is 37.6 Å². The fourth-order valence-corrected chi connectivity index (χ4v) is 3.59. The van der Waals surface area contributed by atoms with Gasteiger partial charge in [-0.2, -0.15) is 0 Å². The average molecular weight is 282 g/mol. The van der Waals surface area contributed by atoms with Crippen LogP contribution in [0, 0.1) is 11.8 Å². The van der Waals surface area contributed by atoms with Crippen molar-refractivity contribution in [1.82, 2.24) is 10.2 Å². The summed E-state index contributed by atoms with van der Waals surface area (Å²) in [4.78, 5) is 14.4. The van der Waals surface area contributed by atoms with Crippen LogP contribution in [-0.2, 0) is 4.79 Å². The molecule has 0 bridgehead atoms. The van der Waals surface area contributed by atoms with Crippen molar-refractivity contribution < 1.29 is 9.90 Å². The highest BCUT2D eigenvalue weighted by Gasteiger charge is 2.33. The number of aliphatic hydroxyl groups is 1. The fraction of sp³-hybridized carbons (Fsp3) is 0.938. The van der Waals surface area contributed by atoms with Gasteiger partial charge in [0.15, 0.2) is 0 Å². The van der Waals surface area contributed by atoms with Crippen molar-refractivity contribution >= 4 is 5.91 Å². The van der Waals surface area contributed by atoms with Gasteiger partial charge in [-0.15, -0.1) is 0 Å². The van der Waals surface area contributed by atoms with Crippen LogP contribution in [-0.4, -0.2) is 47.7 Å². The van der Waals surface area contributed by atoms with Gasteiger partial charge in [-0.25, -0.2) is 0 Å². The van der Waals surface area contributed by atoms with Crippen LogP contribution in [0.25, 0.3) is 0 Å². The molecule has 1 atom stereocenters. The molecule has 0 radical (unpaired) electrons. The zero-order valence-electron chi connectivity index (χ0n) is 13.0. The van der Waals surface area contributed by atoms with Crippen LogP contribution in [0.4, 0.5) is 0 Å². The van der Waals surface area contributed by atoms with Crippen LogP contribution in [0.1, 0.15) is 52.4 Å². The Morgan fingerprint density at radius 3 is 2.75 bits per heavy atom. The fourth-order valence-electron chi connectivity index (χ4n) is 3.59. The van der Waals surface area contributed by atoms with Gasteiger partial charge in [0.25, 0.3) is 0 Å². The Labute approximate surface area is 122 Å². The SMILES string of the molecule is CC(C)CN1CCC(CNC(=O)CC2(O)CCCC2)C1.